The molecule has 2 aliphatic rings. The van der Waals surface area contributed by atoms with Crippen LogP contribution >= 0.6 is 0 Å². The minimum atomic E-state index is -0.782. The zero-order valence-corrected chi connectivity index (χ0v) is 12.7. The van der Waals surface area contributed by atoms with Crippen LogP contribution in [0.25, 0.3) is 0 Å². The van der Waals surface area contributed by atoms with Gasteiger partial charge in [-0.1, -0.05) is 0 Å². The molecule has 1 N–H and O–H groups in total. The number of hydrogen-bond donors (Lipinski definition) is 1. The number of hydrogen-bond acceptors (Lipinski definition) is 5. The van der Waals surface area contributed by atoms with E-state index in [1.165, 1.54) is 0 Å². The number of nitriles is 1. The molecule has 0 radical (unpaired) electrons. The molecule has 1 saturated heterocycles. The summed E-state index contributed by atoms with van der Waals surface area (Å²) in [7, 11) is 0. The van der Waals surface area contributed by atoms with E-state index in [0.717, 1.165) is 25.7 Å². The number of carbonyl (C=O) groups excluding carboxylic acids is 2. The highest BCUT2D eigenvalue weighted by atomic mass is 16.5. The molecule has 6 heteroatoms. The number of ether oxygens (including phenoxy) is 1. The molecular weight excluding hydrogens is 270 g/mol. The Bertz CT molecular complexity index is 456. The molecule has 0 aromatic rings. The Hall–Kier alpha value is -1.61. The van der Waals surface area contributed by atoms with Gasteiger partial charge in [0.15, 0.2) is 0 Å². The van der Waals surface area contributed by atoms with Crippen molar-refractivity contribution in [2.24, 2.45) is 5.92 Å². The summed E-state index contributed by atoms with van der Waals surface area (Å²) in [4.78, 5) is 25.9. The lowest BCUT2D eigenvalue weighted by molar-refractivity contribution is -0.148. The lowest BCUT2D eigenvalue weighted by Crippen LogP contribution is -2.51. The van der Waals surface area contributed by atoms with Crippen LogP contribution in [0.15, 0.2) is 0 Å². The van der Waals surface area contributed by atoms with E-state index in [1.807, 2.05) is 4.90 Å². The molecule has 2 fully saturated rings. The number of nitrogens with one attached hydrogen (secondary N) is 1. The monoisotopic (exact) mass is 293 g/mol. The van der Waals surface area contributed by atoms with Crippen LogP contribution in [0.4, 0.5) is 0 Å². The summed E-state index contributed by atoms with van der Waals surface area (Å²) < 4.78 is 5.04. The third-order valence-corrected chi connectivity index (χ3v) is 4.29. The van der Waals surface area contributed by atoms with Gasteiger partial charge < -0.3 is 10.1 Å². The minimum absolute atomic E-state index is 0.146. The molecule has 0 aromatic carbocycles. The Morgan fingerprint density at radius 3 is 2.71 bits per heavy atom. The summed E-state index contributed by atoms with van der Waals surface area (Å²) in [5.74, 6) is -0.193. The van der Waals surface area contributed by atoms with Gasteiger partial charge in [-0.25, -0.2) is 0 Å². The maximum Gasteiger partial charge on any atom is 0.323 e. The van der Waals surface area contributed by atoms with Crippen LogP contribution in [0, 0.1) is 17.2 Å². The number of esters is 1. The topological polar surface area (TPSA) is 82.4 Å². The molecule has 1 aliphatic carbocycles. The maximum absolute atomic E-state index is 12.2. The SMILES string of the molecule is CCOC(=O)C1CCCN1CC(=O)NC(C)(C#N)C1CC1. The van der Waals surface area contributed by atoms with Gasteiger partial charge in [0.2, 0.25) is 5.91 Å². The first kappa shape index (κ1) is 15.8. The van der Waals surface area contributed by atoms with Gasteiger partial charge in [0.05, 0.1) is 19.2 Å². The molecular formula is C15H23N3O3. The van der Waals surface area contributed by atoms with Gasteiger partial charge in [-0.2, -0.15) is 5.26 Å². The first-order valence-electron chi connectivity index (χ1n) is 7.63. The van der Waals surface area contributed by atoms with Crippen LogP contribution in [-0.4, -0.2) is 48.1 Å². The normalized spacial score (nSPS) is 24.9. The predicted molar refractivity (Wildman–Crippen MR) is 76.1 cm³/mol. The summed E-state index contributed by atoms with van der Waals surface area (Å²) in [5, 5.41) is 12.1. The molecule has 1 saturated carbocycles. The van der Waals surface area contributed by atoms with Gasteiger partial charge >= 0.3 is 5.97 Å². The molecule has 2 atom stereocenters. The van der Waals surface area contributed by atoms with Crippen molar-refractivity contribution in [1.82, 2.24) is 10.2 Å². The molecule has 1 aliphatic heterocycles. The fraction of sp³-hybridized carbons (Fsp3) is 0.800. The van der Waals surface area contributed by atoms with E-state index in [2.05, 4.69) is 11.4 Å². The van der Waals surface area contributed by atoms with Crippen molar-refractivity contribution >= 4 is 11.9 Å². The van der Waals surface area contributed by atoms with Gasteiger partial charge in [-0.15, -0.1) is 0 Å². The second-order valence-corrected chi connectivity index (χ2v) is 6.02. The Labute approximate surface area is 125 Å². The van der Waals surface area contributed by atoms with E-state index in [1.54, 1.807) is 13.8 Å². The maximum atomic E-state index is 12.2. The van der Waals surface area contributed by atoms with Crippen molar-refractivity contribution in [3.8, 4) is 6.07 Å². The molecule has 2 unspecified atom stereocenters. The van der Waals surface area contributed by atoms with Crippen LogP contribution in [0.3, 0.4) is 0 Å². The Balaban J connectivity index is 1.89. The van der Waals surface area contributed by atoms with Gasteiger partial charge in [0, 0.05) is 0 Å². The van der Waals surface area contributed by atoms with Gasteiger partial charge in [0.1, 0.15) is 11.6 Å². The molecule has 0 aromatic heterocycles. The number of rotatable bonds is 6. The van der Waals surface area contributed by atoms with Crippen molar-refractivity contribution in [2.75, 3.05) is 19.7 Å². The van der Waals surface area contributed by atoms with Crippen molar-refractivity contribution in [2.45, 2.75) is 51.1 Å². The summed E-state index contributed by atoms with van der Waals surface area (Å²) in [6.45, 7) is 4.76. The van der Waals surface area contributed by atoms with E-state index in [-0.39, 0.29) is 30.4 Å². The van der Waals surface area contributed by atoms with E-state index < -0.39 is 5.54 Å². The highest BCUT2D eigenvalue weighted by Crippen LogP contribution is 2.39. The highest BCUT2D eigenvalue weighted by Gasteiger charge is 2.43. The number of nitrogens with zero attached hydrogens (tertiary/aromatic N) is 2. The fourth-order valence-corrected chi connectivity index (χ4v) is 2.92. The Morgan fingerprint density at radius 1 is 1.43 bits per heavy atom. The quantitative estimate of drug-likeness (QED) is 0.733. The molecule has 6 nitrogen and oxygen atoms in total. The average Bonchev–Trinajstić information content (AvgIpc) is 3.20. The van der Waals surface area contributed by atoms with Crippen LogP contribution in [0.5, 0.6) is 0 Å². The summed E-state index contributed by atoms with van der Waals surface area (Å²) >= 11 is 0. The number of carbonyl (C=O) groups is 2. The fourth-order valence-electron chi connectivity index (χ4n) is 2.92. The molecule has 1 amide bonds. The van der Waals surface area contributed by atoms with Gasteiger partial charge in [-0.05, 0) is 52.0 Å². The summed E-state index contributed by atoms with van der Waals surface area (Å²) in [6.07, 6.45) is 3.58. The van der Waals surface area contributed by atoms with E-state index in [4.69, 9.17) is 4.74 Å². The third-order valence-electron chi connectivity index (χ3n) is 4.29. The van der Waals surface area contributed by atoms with Gasteiger partial charge in [-0.3, -0.25) is 14.5 Å². The largest absolute Gasteiger partial charge is 0.465 e. The zero-order valence-electron chi connectivity index (χ0n) is 12.7. The lowest BCUT2D eigenvalue weighted by atomic mass is 9.98. The number of amides is 1. The standard InChI is InChI=1S/C15H23N3O3/c1-3-21-14(20)12-5-4-8-18(12)9-13(19)17-15(2,10-16)11-6-7-11/h11-12H,3-9H2,1-2H3,(H,17,19). The van der Waals surface area contributed by atoms with Crippen LogP contribution in [0.2, 0.25) is 0 Å². The second kappa shape index (κ2) is 6.44. The lowest BCUT2D eigenvalue weighted by Gasteiger charge is -2.26. The molecule has 21 heavy (non-hydrogen) atoms. The first-order valence-corrected chi connectivity index (χ1v) is 7.63. The first-order chi connectivity index (χ1) is 10.00. The highest BCUT2D eigenvalue weighted by molar-refractivity contribution is 5.81. The van der Waals surface area contributed by atoms with Crippen molar-refractivity contribution in [1.29, 1.82) is 5.26 Å². The molecule has 116 valence electrons. The molecule has 1 heterocycles. The smallest absolute Gasteiger partial charge is 0.323 e. The van der Waals surface area contributed by atoms with Crippen LogP contribution < -0.4 is 5.32 Å². The van der Waals surface area contributed by atoms with Gasteiger partial charge in [0.25, 0.3) is 0 Å². The minimum Gasteiger partial charge on any atom is -0.465 e. The van der Waals surface area contributed by atoms with Crippen LogP contribution in [-0.2, 0) is 14.3 Å². The summed E-state index contributed by atoms with van der Waals surface area (Å²) in [6, 6.07) is 1.88. The second-order valence-electron chi connectivity index (χ2n) is 6.02. The van der Waals surface area contributed by atoms with Crippen molar-refractivity contribution in [3.63, 3.8) is 0 Å². The predicted octanol–water partition coefficient (Wildman–Crippen LogP) is 0.822. The number of likely N-dealkylation sites (tertiary alicyclic amines) is 1. The third kappa shape index (κ3) is 3.73. The summed E-state index contributed by atoms with van der Waals surface area (Å²) in [5.41, 5.74) is -0.782. The van der Waals surface area contributed by atoms with Crippen molar-refractivity contribution in [3.05, 3.63) is 0 Å². The van der Waals surface area contributed by atoms with E-state index in [9.17, 15) is 14.9 Å². The van der Waals surface area contributed by atoms with Crippen molar-refractivity contribution < 1.29 is 14.3 Å². The van der Waals surface area contributed by atoms with Crippen LogP contribution in [0.1, 0.15) is 39.5 Å². The molecule has 2 rings (SSSR count). The Morgan fingerprint density at radius 2 is 2.14 bits per heavy atom. The molecule has 0 spiro atoms. The molecule has 0 bridgehead atoms. The van der Waals surface area contributed by atoms with E-state index >= 15 is 0 Å². The zero-order chi connectivity index (χ0) is 15.5. The van der Waals surface area contributed by atoms with E-state index in [0.29, 0.717) is 13.2 Å². The average molecular weight is 293 g/mol. The Kier molecular flexibility index (Phi) is 4.84.